The molecule has 37 heavy (non-hydrogen) atoms. The summed E-state index contributed by atoms with van der Waals surface area (Å²) in [6.07, 6.45) is 4.60. The van der Waals surface area contributed by atoms with Gasteiger partial charge in [-0.25, -0.2) is 14.0 Å². The number of anilines is 1. The Labute approximate surface area is 213 Å². The van der Waals surface area contributed by atoms with Crippen molar-refractivity contribution in [3.05, 3.63) is 101 Å². The number of hydrogen-bond acceptors (Lipinski definition) is 4. The Morgan fingerprint density at radius 2 is 1.49 bits per heavy atom. The molecule has 3 heterocycles. The highest BCUT2D eigenvalue weighted by molar-refractivity contribution is 6.53. The average molecular weight is 497 g/mol. The van der Waals surface area contributed by atoms with Crippen molar-refractivity contribution in [2.75, 3.05) is 4.90 Å². The van der Waals surface area contributed by atoms with E-state index in [0.717, 1.165) is 27.1 Å². The van der Waals surface area contributed by atoms with Gasteiger partial charge in [0.25, 0.3) is 11.6 Å². The van der Waals surface area contributed by atoms with Crippen LogP contribution in [0.4, 0.5) is 10.1 Å². The Hall–Kier alpha value is -4.59. The van der Waals surface area contributed by atoms with Crippen LogP contribution >= 0.6 is 0 Å². The van der Waals surface area contributed by atoms with E-state index in [-0.39, 0.29) is 16.8 Å². The molecule has 0 spiro atoms. The molecular formula is C29H25FN4O3. The van der Waals surface area contributed by atoms with Crippen LogP contribution in [0.5, 0.6) is 5.88 Å². The van der Waals surface area contributed by atoms with Gasteiger partial charge in [0.15, 0.2) is 12.4 Å². The predicted octanol–water partition coefficient (Wildman–Crippen LogP) is 3.75. The van der Waals surface area contributed by atoms with E-state index < -0.39 is 23.5 Å². The number of benzene rings is 2. The monoisotopic (exact) mass is 496 g/mol. The van der Waals surface area contributed by atoms with Gasteiger partial charge in [0.2, 0.25) is 0 Å². The van der Waals surface area contributed by atoms with Gasteiger partial charge in [-0.05, 0) is 67.6 Å². The van der Waals surface area contributed by atoms with E-state index in [9.17, 15) is 19.1 Å². The molecule has 1 aliphatic heterocycles. The molecule has 0 saturated heterocycles. The van der Waals surface area contributed by atoms with Gasteiger partial charge in [-0.3, -0.25) is 9.59 Å². The topological polar surface area (TPSA) is 82.1 Å². The number of nitrogens with zero attached hydrogens (tertiary/aromatic N) is 4. The molecule has 186 valence electrons. The first kappa shape index (κ1) is 24.1. The molecule has 0 N–H and O–H groups in total. The summed E-state index contributed by atoms with van der Waals surface area (Å²) < 4.78 is 16.2. The first-order chi connectivity index (χ1) is 17.8. The first-order valence-electron chi connectivity index (χ1n) is 12.1. The molecule has 8 heteroatoms. The maximum atomic E-state index is 13.9. The second-order valence-electron chi connectivity index (χ2n) is 8.84. The van der Waals surface area contributed by atoms with Gasteiger partial charge in [-0.1, -0.05) is 31.5 Å². The van der Waals surface area contributed by atoms with E-state index in [1.165, 1.54) is 24.3 Å². The third kappa shape index (κ3) is 4.10. The second kappa shape index (κ2) is 9.46. The van der Waals surface area contributed by atoms with Crippen LogP contribution in [0.3, 0.4) is 0 Å². The van der Waals surface area contributed by atoms with Crippen LogP contribution in [-0.4, -0.2) is 21.6 Å². The Balaban J connectivity index is 1.74. The molecule has 7 nitrogen and oxygen atoms in total. The van der Waals surface area contributed by atoms with Gasteiger partial charge < -0.3 is 5.11 Å². The van der Waals surface area contributed by atoms with E-state index in [1.54, 1.807) is 29.1 Å². The predicted molar refractivity (Wildman–Crippen MR) is 135 cm³/mol. The standard InChI is InChI=1S/C29H25FN4O3/c1-4-19-14-16-32(17-15-19)26-25(27(35)33(29(26)37)21-10-6-18(3)7-11-21)24-23(5-2)31-34(28(24)36)22-12-8-20(30)9-13-22/h6-17H,4-5H2,1-3H3. The third-order valence-electron chi connectivity index (χ3n) is 6.49. The first-order valence-corrected chi connectivity index (χ1v) is 12.1. The molecule has 0 aliphatic carbocycles. The summed E-state index contributed by atoms with van der Waals surface area (Å²) in [7, 11) is 0. The molecule has 0 fully saturated rings. The number of imide groups is 1. The molecule has 4 aromatic rings. The number of hydrogen-bond donors (Lipinski definition) is 0. The maximum Gasteiger partial charge on any atom is 0.331 e. The van der Waals surface area contributed by atoms with Crippen LogP contribution in [0.1, 0.15) is 36.2 Å². The lowest BCUT2D eigenvalue weighted by atomic mass is 10.0. The summed E-state index contributed by atoms with van der Waals surface area (Å²) in [6, 6.07) is 16.2. The van der Waals surface area contributed by atoms with Gasteiger partial charge in [0.05, 0.1) is 17.1 Å². The zero-order chi connectivity index (χ0) is 26.3. The Morgan fingerprint density at radius 3 is 2.08 bits per heavy atom. The molecule has 1 aliphatic rings. The number of carbonyl (C=O) groups excluding carboxylic acids is 2. The van der Waals surface area contributed by atoms with E-state index in [0.29, 0.717) is 23.5 Å². The lowest BCUT2D eigenvalue weighted by molar-refractivity contribution is -0.576. The molecule has 0 bridgehead atoms. The van der Waals surface area contributed by atoms with Gasteiger partial charge in [0.1, 0.15) is 11.4 Å². The van der Waals surface area contributed by atoms with Crippen molar-refractivity contribution >= 4 is 28.8 Å². The van der Waals surface area contributed by atoms with Crippen molar-refractivity contribution in [2.45, 2.75) is 33.6 Å². The van der Waals surface area contributed by atoms with Crippen LogP contribution < -0.4 is 14.6 Å². The number of pyridine rings is 1. The lowest BCUT2D eigenvalue weighted by Crippen LogP contribution is -2.39. The molecular weight excluding hydrogens is 471 g/mol. The normalized spacial score (nSPS) is 13.7. The number of carbonyl (C=O) groups is 2. The molecule has 2 aromatic heterocycles. The summed E-state index contributed by atoms with van der Waals surface area (Å²) in [4.78, 5) is 28.8. The van der Waals surface area contributed by atoms with Crippen LogP contribution in [0.25, 0.3) is 17.0 Å². The summed E-state index contributed by atoms with van der Waals surface area (Å²) in [6.45, 7) is 5.76. The van der Waals surface area contributed by atoms with Crippen molar-refractivity contribution in [1.82, 2.24) is 9.78 Å². The average Bonchev–Trinajstić information content (AvgIpc) is 3.37. The highest BCUT2D eigenvalue weighted by Gasteiger charge is 2.47. The molecule has 0 atom stereocenters. The van der Waals surface area contributed by atoms with Crippen LogP contribution in [-0.2, 0) is 22.4 Å². The number of aryl methyl sites for hydroxylation is 3. The molecule has 2 amide bonds. The van der Waals surface area contributed by atoms with E-state index >= 15 is 0 Å². The highest BCUT2D eigenvalue weighted by Crippen LogP contribution is 2.38. The van der Waals surface area contributed by atoms with Gasteiger partial charge in [-0.2, -0.15) is 9.67 Å². The fraction of sp³-hybridized carbons (Fsp3) is 0.172. The van der Waals surface area contributed by atoms with Crippen LogP contribution in [0.15, 0.2) is 73.1 Å². The summed E-state index contributed by atoms with van der Waals surface area (Å²) in [5.41, 5.74) is 3.34. The molecule has 0 unspecified atom stereocenters. The van der Waals surface area contributed by atoms with Crippen molar-refractivity contribution < 1.29 is 23.7 Å². The summed E-state index contributed by atoms with van der Waals surface area (Å²) in [5.74, 6) is -2.12. The minimum atomic E-state index is -0.596. The summed E-state index contributed by atoms with van der Waals surface area (Å²) >= 11 is 0. The van der Waals surface area contributed by atoms with Gasteiger partial charge in [-0.15, -0.1) is 0 Å². The number of aromatic nitrogens is 3. The summed E-state index contributed by atoms with van der Waals surface area (Å²) in [5, 5.41) is 18.2. The van der Waals surface area contributed by atoms with Crippen molar-refractivity contribution in [1.29, 1.82) is 0 Å². The number of halogens is 1. The number of amides is 2. The largest absolute Gasteiger partial charge is 0.858 e. The van der Waals surface area contributed by atoms with Gasteiger partial charge >= 0.3 is 5.91 Å². The maximum absolute atomic E-state index is 13.9. The minimum Gasteiger partial charge on any atom is -0.858 e. The number of rotatable bonds is 6. The van der Waals surface area contributed by atoms with E-state index in [1.807, 2.05) is 45.0 Å². The lowest BCUT2D eigenvalue weighted by Gasteiger charge is -2.16. The van der Waals surface area contributed by atoms with Crippen molar-refractivity contribution in [3.63, 3.8) is 0 Å². The smallest absolute Gasteiger partial charge is 0.331 e. The van der Waals surface area contributed by atoms with Crippen molar-refractivity contribution in [3.8, 4) is 11.6 Å². The van der Waals surface area contributed by atoms with E-state index in [4.69, 9.17) is 0 Å². The van der Waals surface area contributed by atoms with Crippen LogP contribution in [0.2, 0.25) is 0 Å². The fourth-order valence-corrected chi connectivity index (χ4v) is 4.45. The van der Waals surface area contributed by atoms with E-state index in [2.05, 4.69) is 5.10 Å². The van der Waals surface area contributed by atoms with Gasteiger partial charge in [0, 0.05) is 17.7 Å². The SMILES string of the molecule is CCc1cc[n+](C2=C(c3c(CC)nn(-c4ccc(F)cc4)c3[O-])C(=O)N(c3ccc(C)cc3)C2=O)cc1. The highest BCUT2D eigenvalue weighted by atomic mass is 19.1. The molecule has 0 radical (unpaired) electrons. The third-order valence-corrected chi connectivity index (χ3v) is 6.49. The Kier molecular flexibility index (Phi) is 6.17. The minimum absolute atomic E-state index is 0.00460. The zero-order valence-electron chi connectivity index (χ0n) is 20.7. The zero-order valence-corrected chi connectivity index (χ0v) is 20.7. The molecule has 0 saturated carbocycles. The van der Waals surface area contributed by atoms with Crippen molar-refractivity contribution in [2.24, 2.45) is 0 Å². The van der Waals surface area contributed by atoms with Crippen LogP contribution in [0, 0.1) is 12.7 Å². The Morgan fingerprint density at radius 1 is 0.865 bits per heavy atom. The second-order valence-corrected chi connectivity index (χ2v) is 8.84. The molecule has 2 aromatic carbocycles. The Bertz CT molecular complexity index is 1540. The quantitative estimate of drug-likeness (QED) is 0.301. The fourth-order valence-electron chi connectivity index (χ4n) is 4.45. The molecule has 5 rings (SSSR count).